The van der Waals surface area contributed by atoms with Crippen molar-refractivity contribution in [3.8, 4) is 0 Å². The van der Waals surface area contributed by atoms with Gasteiger partial charge in [0.15, 0.2) is 0 Å². The molecule has 2 aromatic rings. The number of hydrogen-bond acceptors (Lipinski definition) is 2. The van der Waals surface area contributed by atoms with Gasteiger partial charge in [-0.1, -0.05) is 60.7 Å². The second kappa shape index (κ2) is 9.64. The standard InChI is InChI=1S/C21H27N3O/c1-4-14-24(17-19-8-6-5-7-9-19)21(25)22-15-18-10-12-20(13-11-18)16-23(2)3/h4-13H,1,14-17H2,2-3H3,(H,22,25). The number of rotatable bonds is 8. The zero-order chi connectivity index (χ0) is 18.1. The van der Waals surface area contributed by atoms with Crippen molar-refractivity contribution in [1.29, 1.82) is 0 Å². The van der Waals surface area contributed by atoms with Crippen LogP contribution in [0.3, 0.4) is 0 Å². The Labute approximate surface area is 150 Å². The highest BCUT2D eigenvalue weighted by molar-refractivity contribution is 5.74. The van der Waals surface area contributed by atoms with Crippen LogP contribution < -0.4 is 5.32 Å². The second-order valence-electron chi connectivity index (χ2n) is 6.37. The van der Waals surface area contributed by atoms with Gasteiger partial charge < -0.3 is 15.1 Å². The first-order chi connectivity index (χ1) is 12.1. The van der Waals surface area contributed by atoms with Gasteiger partial charge in [0.05, 0.1) is 0 Å². The third-order valence-corrected chi connectivity index (χ3v) is 3.82. The molecule has 4 heteroatoms. The molecular weight excluding hydrogens is 310 g/mol. The van der Waals surface area contributed by atoms with E-state index in [2.05, 4.69) is 55.2 Å². The lowest BCUT2D eigenvalue weighted by atomic mass is 10.1. The summed E-state index contributed by atoms with van der Waals surface area (Å²) in [6, 6.07) is 18.2. The summed E-state index contributed by atoms with van der Waals surface area (Å²) < 4.78 is 0. The number of benzene rings is 2. The molecule has 0 bridgehead atoms. The molecule has 0 aliphatic rings. The molecule has 0 unspecified atom stereocenters. The molecule has 4 nitrogen and oxygen atoms in total. The van der Waals surface area contributed by atoms with E-state index in [4.69, 9.17) is 0 Å². The van der Waals surface area contributed by atoms with E-state index in [-0.39, 0.29) is 6.03 Å². The molecule has 132 valence electrons. The molecule has 1 N–H and O–H groups in total. The molecule has 0 radical (unpaired) electrons. The number of nitrogens with one attached hydrogen (secondary N) is 1. The van der Waals surface area contributed by atoms with Crippen LogP contribution in [0.25, 0.3) is 0 Å². The molecule has 0 aliphatic heterocycles. The van der Waals surface area contributed by atoms with E-state index in [1.54, 1.807) is 11.0 Å². The summed E-state index contributed by atoms with van der Waals surface area (Å²) in [4.78, 5) is 16.4. The molecule has 2 amide bonds. The molecule has 2 aromatic carbocycles. The Hall–Kier alpha value is -2.59. The fraction of sp³-hybridized carbons (Fsp3) is 0.286. The maximum absolute atomic E-state index is 12.5. The number of carbonyl (C=O) groups is 1. The van der Waals surface area contributed by atoms with Crippen molar-refractivity contribution in [1.82, 2.24) is 15.1 Å². The molecule has 0 saturated heterocycles. The zero-order valence-electron chi connectivity index (χ0n) is 15.1. The van der Waals surface area contributed by atoms with Crippen molar-refractivity contribution in [3.05, 3.63) is 83.9 Å². The number of amides is 2. The summed E-state index contributed by atoms with van der Waals surface area (Å²) in [6.45, 7) is 6.27. The maximum atomic E-state index is 12.5. The van der Waals surface area contributed by atoms with Crippen LogP contribution in [-0.4, -0.2) is 36.5 Å². The maximum Gasteiger partial charge on any atom is 0.318 e. The van der Waals surface area contributed by atoms with Gasteiger partial charge in [0.1, 0.15) is 0 Å². The molecule has 2 rings (SSSR count). The summed E-state index contributed by atoms with van der Waals surface area (Å²) in [6.07, 6.45) is 1.75. The summed E-state index contributed by atoms with van der Waals surface area (Å²) in [5.74, 6) is 0. The lowest BCUT2D eigenvalue weighted by Crippen LogP contribution is -2.39. The minimum Gasteiger partial charge on any atom is -0.334 e. The van der Waals surface area contributed by atoms with Crippen LogP contribution in [0.2, 0.25) is 0 Å². The molecule has 0 atom stereocenters. The third kappa shape index (κ3) is 6.43. The van der Waals surface area contributed by atoms with Gasteiger partial charge in [0.25, 0.3) is 0 Å². The van der Waals surface area contributed by atoms with Crippen LogP contribution in [0.5, 0.6) is 0 Å². The van der Waals surface area contributed by atoms with E-state index in [9.17, 15) is 4.79 Å². The fourth-order valence-corrected chi connectivity index (χ4v) is 2.60. The molecular formula is C21H27N3O. The van der Waals surface area contributed by atoms with Gasteiger partial charge in [0.2, 0.25) is 0 Å². The zero-order valence-corrected chi connectivity index (χ0v) is 15.1. The molecule has 25 heavy (non-hydrogen) atoms. The van der Waals surface area contributed by atoms with E-state index in [1.165, 1.54) is 5.56 Å². The van der Waals surface area contributed by atoms with Crippen LogP contribution >= 0.6 is 0 Å². The predicted octanol–water partition coefficient (Wildman–Crippen LogP) is 3.65. The predicted molar refractivity (Wildman–Crippen MR) is 103 cm³/mol. The van der Waals surface area contributed by atoms with Crippen molar-refractivity contribution in [2.24, 2.45) is 0 Å². The van der Waals surface area contributed by atoms with Gasteiger partial charge >= 0.3 is 6.03 Å². The van der Waals surface area contributed by atoms with Crippen LogP contribution in [0.4, 0.5) is 4.79 Å². The number of hydrogen-bond donors (Lipinski definition) is 1. The van der Waals surface area contributed by atoms with E-state index in [0.29, 0.717) is 19.6 Å². The third-order valence-electron chi connectivity index (χ3n) is 3.82. The van der Waals surface area contributed by atoms with Gasteiger partial charge in [0, 0.05) is 26.2 Å². The Kier molecular flexibility index (Phi) is 7.23. The van der Waals surface area contributed by atoms with Crippen molar-refractivity contribution in [3.63, 3.8) is 0 Å². The number of urea groups is 1. The van der Waals surface area contributed by atoms with Gasteiger partial charge in [-0.2, -0.15) is 0 Å². The first kappa shape index (κ1) is 18.7. The van der Waals surface area contributed by atoms with Gasteiger partial charge in [-0.05, 0) is 30.8 Å². The molecule has 0 aliphatic carbocycles. The molecule has 0 heterocycles. The smallest absolute Gasteiger partial charge is 0.318 e. The SMILES string of the molecule is C=CCN(Cc1ccccc1)C(=O)NCc1ccc(CN(C)C)cc1. The minimum absolute atomic E-state index is 0.0823. The lowest BCUT2D eigenvalue weighted by Gasteiger charge is -2.22. The van der Waals surface area contributed by atoms with Crippen molar-refractivity contribution in [2.75, 3.05) is 20.6 Å². The van der Waals surface area contributed by atoms with Crippen molar-refractivity contribution >= 4 is 6.03 Å². The summed E-state index contributed by atoms with van der Waals surface area (Å²) >= 11 is 0. The molecule has 0 spiro atoms. The summed E-state index contributed by atoms with van der Waals surface area (Å²) in [5, 5.41) is 2.99. The first-order valence-electron chi connectivity index (χ1n) is 8.48. The van der Waals surface area contributed by atoms with E-state index in [0.717, 1.165) is 17.7 Å². The van der Waals surface area contributed by atoms with Crippen molar-refractivity contribution < 1.29 is 4.79 Å². The molecule has 0 aromatic heterocycles. The second-order valence-corrected chi connectivity index (χ2v) is 6.37. The van der Waals surface area contributed by atoms with E-state index in [1.807, 2.05) is 30.3 Å². The van der Waals surface area contributed by atoms with Crippen molar-refractivity contribution in [2.45, 2.75) is 19.6 Å². The average Bonchev–Trinajstić information content (AvgIpc) is 2.61. The largest absolute Gasteiger partial charge is 0.334 e. The number of carbonyl (C=O) groups excluding carboxylic acids is 1. The topological polar surface area (TPSA) is 35.6 Å². The van der Waals surface area contributed by atoms with Gasteiger partial charge in [-0.25, -0.2) is 4.79 Å². The first-order valence-corrected chi connectivity index (χ1v) is 8.48. The van der Waals surface area contributed by atoms with Gasteiger partial charge in [-0.3, -0.25) is 0 Å². The monoisotopic (exact) mass is 337 g/mol. The minimum atomic E-state index is -0.0823. The molecule has 0 saturated carbocycles. The van der Waals surface area contributed by atoms with E-state index < -0.39 is 0 Å². The van der Waals surface area contributed by atoms with Crippen LogP contribution in [-0.2, 0) is 19.6 Å². The van der Waals surface area contributed by atoms with Crippen LogP contribution in [0.1, 0.15) is 16.7 Å². The fourth-order valence-electron chi connectivity index (χ4n) is 2.60. The Morgan fingerprint density at radius 1 is 0.960 bits per heavy atom. The average molecular weight is 337 g/mol. The highest BCUT2D eigenvalue weighted by atomic mass is 16.2. The van der Waals surface area contributed by atoms with Gasteiger partial charge in [-0.15, -0.1) is 6.58 Å². The van der Waals surface area contributed by atoms with Crippen LogP contribution in [0, 0.1) is 0 Å². The quantitative estimate of drug-likeness (QED) is 0.747. The highest BCUT2D eigenvalue weighted by Gasteiger charge is 2.12. The van der Waals surface area contributed by atoms with E-state index >= 15 is 0 Å². The normalized spacial score (nSPS) is 10.5. The lowest BCUT2D eigenvalue weighted by molar-refractivity contribution is 0.200. The summed E-state index contributed by atoms with van der Waals surface area (Å²) in [7, 11) is 4.10. The Morgan fingerprint density at radius 3 is 2.16 bits per heavy atom. The highest BCUT2D eigenvalue weighted by Crippen LogP contribution is 2.08. The summed E-state index contributed by atoms with van der Waals surface area (Å²) in [5.41, 5.74) is 3.46. The molecule has 0 fully saturated rings. The Balaban J connectivity index is 1.90. The Morgan fingerprint density at radius 2 is 1.56 bits per heavy atom. The Bertz CT molecular complexity index is 665. The van der Waals surface area contributed by atoms with Crippen LogP contribution in [0.15, 0.2) is 67.3 Å². The number of nitrogens with zero attached hydrogens (tertiary/aromatic N) is 2.